The highest BCUT2D eigenvalue weighted by Crippen LogP contribution is 2.25. The van der Waals surface area contributed by atoms with E-state index in [2.05, 4.69) is 35.8 Å². The predicted octanol–water partition coefficient (Wildman–Crippen LogP) is 1.17. The number of sulfonamides is 1. The highest BCUT2D eigenvalue weighted by Gasteiger charge is 2.24. The Balaban J connectivity index is 2.44. The largest absolute Gasteiger partial charge is 0.390 e. The van der Waals surface area contributed by atoms with Gasteiger partial charge in [0.15, 0.2) is 0 Å². The van der Waals surface area contributed by atoms with Crippen LogP contribution < -0.4 is 4.72 Å². The van der Waals surface area contributed by atoms with Crippen LogP contribution in [0.15, 0.2) is 27.8 Å². The van der Waals surface area contributed by atoms with E-state index in [-0.39, 0.29) is 10.6 Å². The molecular weight excluding hydrogens is 336 g/mol. The first-order valence-electron chi connectivity index (χ1n) is 5.22. The van der Waals surface area contributed by atoms with Crippen LogP contribution in [0.5, 0.6) is 0 Å². The molecule has 102 valence electrons. The predicted molar refractivity (Wildman–Crippen MR) is 72.0 cm³/mol. The van der Waals surface area contributed by atoms with Crippen LogP contribution in [0.25, 0.3) is 0 Å². The van der Waals surface area contributed by atoms with Crippen molar-refractivity contribution in [2.75, 3.05) is 4.72 Å². The molecule has 0 aliphatic rings. The molecule has 7 nitrogen and oxygen atoms in total. The fraction of sp³-hybridized carbons (Fsp3) is 0.200. The van der Waals surface area contributed by atoms with Gasteiger partial charge in [0, 0.05) is 12.4 Å². The molecule has 0 spiro atoms. The molecule has 0 fully saturated rings. The summed E-state index contributed by atoms with van der Waals surface area (Å²) in [6.07, 6.45) is 2.95. The summed E-state index contributed by atoms with van der Waals surface area (Å²) >= 11 is 3.20. The molecule has 0 saturated heterocycles. The summed E-state index contributed by atoms with van der Waals surface area (Å²) in [7, 11) is -3.83. The third-order valence-electron chi connectivity index (χ3n) is 2.40. The number of aliphatic hydroxyl groups is 1. The number of hydrogen-bond acceptors (Lipinski definition) is 5. The van der Waals surface area contributed by atoms with Gasteiger partial charge in [0.25, 0.3) is 10.0 Å². The van der Waals surface area contributed by atoms with Crippen molar-refractivity contribution in [2.45, 2.75) is 18.4 Å². The number of nitrogens with zero attached hydrogens (tertiary/aromatic N) is 2. The Morgan fingerprint density at radius 2 is 2.26 bits per heavy atom. The summed E-state index contributed by atoms with van der Waals surface area (Å²) in [5, 5.41) is 15.4. The molecule has 0 aliphatic heterocycles. The molecule has 19 heavy (non-hydrogen) atoms. The second kappa shape index (κ2) is 5.27. The first kappa shape index (κ1) is 14.0. The van der Waals surface area contributed by atoms with Crippen LogP contribution >= 0.6 is 15.9 Å². The zero-order chi connectivity index (χ0) is 14.0. The first-order valence-corrected chi connectivity index (χ1v) is 7.50. The smallest absolute Gasteiger partial charge is 0.265 e. The summed E-state index contributed by atoms with van der Waals surface area (Å²) in [4.78, 5) is 3.81. The number of aryl methyl sites for hydroxylation is 1. The van der Waals surface area contributed by atoms with Gasteiger partial charge in [0.2, 0.25) is 0 Å². The number of rotatable bonds is 4. The Morgan fingerprint density at radius 3 is 2.89 bits per heavy atom. The number of H-pyrrole nitrogens is 1. The minimum atomic E-state index is -3.83. The van der Waals surface area contributed by atoms with Gasteiger partial charge in [0.1, 0.15) is 10.6 Å². The Bertz CT molecular complexity index is 699. The van der Waals surface area contributed by atoms with Gasteiger partial charge in [-0.05, 0) is 28.9 Å². The number of anilines is 1. The molecule has 2 heterocycles. The molecule has 2 aromatic rings. The van der Waals surface area contributed by atoms with Crippen LogP contribution in [-0.2, 0) is 16.6 Å². The van der Waals surface area contributed by atoms with E-state index in [4.69, 9.17) is 5.11 Å². The Kier molecular flexibility index (Phi) is 3.88. The fourth-order valence-corrected chi connectivity index (χ4v) is 3.51. The van der Waals surface area contributed by atoms with E-state index in [0.29, 0.717) is 15.9 Å². The van der Waals surface area contributed by atoms with Gasteiger partial charge in [-0.25, -0.2) is 8.42 Å². The van der Waals surface area contributed by atoms with Crippen LogP contribution in [0.3, 0.4) is 0 Å². The monoisotopic (exact) mass is 346 g/mol. The van der Waals surface area contributed by atoms with Gasteiger partial charge in [-0.2, -0.15) is 5.10 Å². The second-order valence-electron chi connectivity index (χ2n) is 3.74. The van der Waals surface area contributed by atoms with Crippen LogP contribution in [0, 0.1) is 6.92 Å². The minimum Gasteiger partial charge on any atom is -0.390 e. The topological polar surface area (TPSA) is 108 Å². The molecule has 9 heteroatoms. The average molecular weight is 347 g/mol. The van der Waals surface area contributed by atoms with Crippen molar-refractivity contribution in [3.63, 3.8) is 0 Å². The normalized spacial score (nSPS) is 11.5. The van der Waals surface area contributed by atoms with Crippen molar-refractivity contribution in [2.24, 2.45) is 0 Å². The molecule has 0 bridgehead atoms. The van der Waals surface area contributed by atoms with Gasteiger partial charge < -0.3 is 5.11 Å². The van der Waals surface area contributed by atoms with Crippen LogP contribution in [0.2, 0.25) is 0 Å². The number of nitrogens with one attached hydrogen (secondary N) is 2. The second-order valence-corrected chi connectivity index (χ2v) is 6.22. The van der Waals surface area contributed by atoms with Crippen molar-refractivity contribution in [1.82, 2.24) is 15.2 Å². The Labute approximate surface area is 118 Å². The number of pyridine rings is 1. The van der Waals surface area contributed by atoms with Crippen molar-refractivity contribution >= 4 is 31.6 Å². The van der Waals surface area contributed by atoms with Crippen molar-refractivity contribution < 1.29 is 13.5 Å². The van der Waals surface area contributed by atoms with Gasteiger partial charge >= 0.3 is 0 Å². The lowest BCUT2D eigenvalue weighted by Gasteiger charge is -2.09. The molecule has 0 atom stereocenters. The number of hydrogen-bond donors (Lipinski definition) is 3. The van der Waals surface area contributed by atoms with E-state index in [1.165, 1.54) is 18.5 Å². The summed E-state index contributed by atoms with van der Waals surface area (Å²) in [5.41, 5.74) is 0.802. The van der Waals surface area contributed by atoms with Crippen LogP contribution in [0.1, 0.15) is 11.4 Å². The highest BCUT2D eigenvalue weighted by atomic mass is 79.9. The molecule has 3 N–H and O–H groups in total. The van der Waals surface area contributed by atoms with Crippen LogP contribution in [-0.4, -0.2) is 28.7 Å². The van der Waals surface area contributed by atoms with Crippen LogP contribution in [0.4, 0.5) is 5.69 Å². The quantitative estimate of drug-likeness (QED) is 0.769. The lowest BCUT2D eigenvalue weighted by atomic mass is 10.4. The fourth-order valence-electron chi connectivity index (χ4n) is 1.59. The SMILES string of the molecule is Cc1[nH]nc(CO)c1S(=O)(=O)Nc1ccncc1Br. The standard InChI is InChI=1S/C10H11BrN4O3S/c1-6-10(9(5-16)14-13-6)19(17,18)15-8-2-3-12-4-7(8)11/h2-4,16H,5H2,1H3,(H,12,15)(H,13,14). The van der Waals surface area contributed by atoms with E-state index >= 15 is 0 Å². The van der Waals surface area contributed by atoms with E-state index in [1.807, 2.05) is 0 Å². The van der Waals surface area contributed by atoms with Gasteiger partial charge in [-0.15, -0.1) is 0 Å². The maximum atomic E-state index is 12.3. The molecule has 0 amide bonds. The first-order chi connectivity index (χ1) is 8.95. The molecular formula is C10H11BrN4O3S. The third-order valence-corrected chi connectivity index (χ3v) is 4.60. The number of aromatic amines is 1. The highest BCUT2D eigenvalue weighted by molar-refractivity contribution is 9.10. The van der Waals surface area contributed by atoms with E-state index < -0.39 is 16.6 Å². The number of halogens is 1. The van der Waals surface area contributed by atoms with Crippen molar-refractivity contribution in [1.29, 1.82) is 0 Å². The maximum Gasteiger partial charge on any atom is 0.265 e. The third kappa shape index (κ3) is 2.77. The summed E-state index contributed by atoms with van der Waals surface area (Å²) in [5.74, 6) is 0. The number of aliphatic hydroxyl groups excluding tert-OH is 1. The van der Waals surface area contributed by atoms with Gasteiger partial charge in [-0.1, -0.05) is 0 Å². The molecule has 2 rings (SSSR count). The number of aromatic nitrogens is 3. The molecule has 0 aromatic carbocycles. The Hall–Kier alpha value is -1.45. The lowest BCUT2D eigenvalue weighted by Crippen LogP contribution is -2.15. The summed E-state index contributed by atoms with van der Waals surface area (Å²) < 4.78 is 27.5. The van der Waals surface area contributed by atoms with Gasteiger partial charge in [0.05, 0.1) is 22.5 Å². The molecule has 0 aliphatic carbocycles. The van der Waals surface area contributed by atoms with E-state index in [1.54, 1.807) is 6.92 Å². The molecule has 0 unspecified atom stereocenters. The maximum absolute atomic E-state index is 12.3. The van der Waals surface area contributed by atoms with Crippen molar-refractivity contribution in [3.05, 3.63) is 34.3 Å². The van der Waals surface area contributed by atoms with E-state index in [0.717, 1.165) is 0 Å². The zero-order valence-electron chi connectivity index (χ0n) is 9.88. The van der Waals surface area contributed by atoms with Crippen molar-refractivity contribution in [3.8, 4) is 0 Å². The van der Waals surface area contributed by atoms with E-state index in [9.17, 15) is 8.42 Å². The summed E-state index contributed by atoms with van der Waals surface area (Å²) in [6, 6.07) is 1.52. The molecule has 0 saturated carbocycles. The lowest BCUT2D eigenvalue weighted by molar-refractivity contribution is 0.273. The zero-order valence-corrected chi connectivity index (χ0v) is 12.3. The molecule has 0 radical (unpaired) electrons. The Morgan fingerprint density at radius 1 is 1.53 bits per heavy atom. The van der Waals surface area contributed by atoms with Gasteiger partial charge in [-0.3, -0.25) is 14.8 Å². The minimum absolute atomic E-state index is 0.0429. The summed E-state index contributed by atoms with van der Waals surface area (Å²) in [6.45, 7) is 1.11. The average Bonchev–Trinajstić information content (AvgIpc) is 2.74. The molecule has 2 aromatic heterocycles.